The highest BCUT2D eigenvalue weighted by Gasteiger charge is 2.30. The van der Waals surface area contributed by atoms with Gasteiger partial charge in [0.25, 0.3) is 0 Å². The van der Waals surface area contributed by atoms with Crippen LogP contribution in [0.3, 0.4) is 0 Å². The molecular weight excluding hydrogens is 354 g/mol. The Labute approximate surface area is 135 Å². The number of hydrogen-bond acceptors (Lipinski definition) is 7. The van der Waals surface area contributed by atoms with Crippen LogP contribution in [0.4, 0.5) is 0 Å². The maximum absolute atomic E-state index is 12.0. The minimum absolute atomic E-state index is 0.0655. The number of sulfone groups is 1. The summed E-state index contributed by atoms with van der Waals surface area (Å²) in [6.45, 7) is 3.68. The van der Waals surface area contributed by atoms with E-state index in [1.807, 2.05) is 6.92 Å². The van der Waals surface area contributed by atoms with E-state index in [1.165, 1.54) is 0 Å². The summed E-state index contributed by atoms with van der Waals surface area (Å²) in [5, 5.41) is 6.59. The molecule has 0 aromatic carbocycles. The molecule has 1 heterocycles. The second-order valence-electron chi connectivity index (χ2n) is 5.02. The standard InChI is InChI=1S/C11H20ClN3O5S2/c1-4-8(2)9(15-22(18,19)7-5-6-12)10-13-14-11(20-10)21(3,16)17/h8-9,15H,4-7H2,1-3H3/t8-,9+/m1/s1. The van der Waals surface area contributed by atoms with Crippen molar-refractivity contribution in [2.24, 2.45) is 5.92 Å². The van der Waals surface area contributed by atoms with Gasteiger partial charge in [-0.2, -0.15) is 0 Å². The second-order valence-corrected chi connectivity index (χ2v) is 9.17. The molecule has 128 valence electrons. The Morgan fingerprint density at radius 3 is 2.36 bits per heavy atom. The summed E-state index contributed by atoms with van der Waals surface area (Å²) < 4.78 is 54.4. The SMILES string of the molecule is CC[C@@H](C)[C@H](NS(=O)(=O)CCCCl)c1nnc(S(C)(=O)=O)o1. The van der Waals surface area contributed by atoms with E-state index in [4.69, 9.17) is 16.0 Å². The molecule has 11 heteroatoms. The predicted octanol–water partition coefficient (Wildman–Crippen LogP) is 1.11. The number of sulfonamides is 1. The van der Waals surface area contributed by atoms with Gasteiger partial charge in [0.05, 0.1) is 5.75 Å². The fourth-order valence-corrected chi connectivity index (χ4v) is 3.72. The fraction of sp³-hybridized carbons (Fsp3) is 0.818. The maximum atomic E-state index is 12.0. The van der Waals surface area contributed by atoms with Crippen molar-refractivity contribution < 1.29 is 21.3 Å². The summed E-state index contributed by atoms with van der Waals surface area (Å²) in [5.74, 6) is -0.118. The summed E-state index contributed by atoms with van der Waals surface area (Å²) in [4.78, 5) is 0. The summed E-state index contributed by atoms with van der Waals surface area (Å²) >= 11 is 5.50. The zero-order chi connectivity index (χ0) is 17.0. The number of rotatable bonds is 9. The molecule has 1 aromatic heterocycles. The summed E-state index contributed by atoms with van der Waals surface area (Å²) in [7, 11) is -7.22. The summed E-state index contributed by atoms with van der Waals surface area (Å²) in [6, 6.07) is -0.784. The van der Waals surface area contributed by atoms with Gasteiger partial charge in [0.1, 0.15) is 6.04 Å². The first-order chi connectivity index (χ1) is 10.1. The van der Waals surface area contributed by atoms with Crippen molar-refractivity contribution >= 4 is 31.5 Å². The van der Waals surface area contributed by atoms with Crippen LogP contribution in [-0.4, -0.2) is 44.9 Å². The summed E-state index contributed by atoms with van der Waals surface area (Å²) in [6.07, 6.45) is 1.88. The van der Waals surface area contributed by atoms with Gasteiger partial charge in [-0.3, -0.25) is 0 Å². The van der Waals surface area contributed by atoms with Gasteiger partial charge in [-0.1, -0.05) is 25.4 Å². The number of nitrogens with one attached hydrogen (secondary N) is 1. The molecule has 0 fully saturated rings. The second kappa shape index (κ2) is 7.71. The molecule has 0 aliphatic rings. The Bertz CT molecular complexity index is 686. The quantitative estimate of drug-likeness (QED) is 0.643. The third-order valence-corrected chi connectivity index (χ3v) is 5.58. The molecule has 0 amide bonds. The van der Waals surface area contributed by atoms with Crippen LogP contribution in [-0.2, 0) is 19.9 Å². The highest BCUT2D eigenvalue weighted by atomic mass is 35.5. The molecule has 2 atom stereocenters. The van der Waals surface area contributed by atoms with Gasteiger partial charge in [0.15, 0.2) is 0 Å². The van der Waals surface area contributed by atoms with E-state index in [1.54, 1.807) is 6.92 Å². The van der Waals surface area contributed by atoms with Gasteiger partial charge in [0, 0.05) is 12.1 Å². The van der Waals surface area contributed by atoms with Crippen molar-refractivity contribution in [1.29, 1.82) is 0 Å². The summed E-state index contributed by atoms with van der Waals surface area (Å²) in [5.41, 5.74) is 0. The lowest BCUT2D eigenvalue weighted by atomic mass is 10.0. The first-order valence-corrected chi connectivity index (χ1v) is 10.8. The molecule has 0 unspecified atom stereocenters. The zero-order valence-electron chi connectivity index (χ0n) is 12.6. The molecule has 0 saturated carbocycles. The van der Waals surface area contributed by atoms with Crippen LogP contribution >= 0.6 is 11.6 Å². The molecule has 1 N–H and O–H groups in total. The number of halogens is 1. The lowest BCUT2D eigenvalue weighted by molar-refractivity contribution is 0.312. The molecule has 0 spiro atoms. The largest absolute Gasteiger partial charge is 0.411 e. The molecule has 0 bridgehead atoms. The van der Waals surface area contributed by atoms with Crippen molar-refractivity contribution in [2.75, 3.05) is 17.9 Å². The van der Waals surface area contributed by atoms with E-state index < -0.39 is 31.1 Å². The number of hydrogen-bond donors (Lipinski definition) is 1. The molecule has 1 rings (SSSR count). The van der Waals surface area contributed by atoms with E-state index in [0.717, 1.165) is 6.26 Å². The number of aromatic nitrogens is 2. The zero-order valence-corrected chi connectivity index (χ0v) is 15.0. The molecule has 22 heavy (non-hydrogen) atoms. The molecule has 0 radical (unpaired) electrons. The van der Waals surface area contributed by atoms with E-state index in [-0.39, 0.29) is 23.4 Å². The van der Waals surface area contributed by atoms with Gasteiger partial charge < -0.3 is 4.42 Å². The molecule has 0 aliphatic carbocycles. The maximum Gasteiger partial charge on any atom is 0.335 e. The minimum Gasteiger partial charge on any atom is -0.411 e. The van der Waals surface area contributed by atoms with Crippen molar-refractivity contribution in [2.45, 2.75) is 38.0 Å². The smallest absolute Gasteiger partial charge is 0.335 e. The monoisotopic (exact) mass is 373 g/mol. The van der Waals surface area contributed by atoms with Crippen LogP contribution in [0.5, 0.6) is 0 Å². The van der Waals surface area contributed by atoms with Crippen LogP contribution < -0.4 is 4.72 Å². The van der Waals surface area contributed by atoms with E-state index in [9.17, 15) is 16.8 Å². The van der Waals surface area contributed by atoms with E-state index >= 15 is 0 Å². The molecule has 8 nitrogen and oxygen atoms in total. The average Bonchev–Trinajstić information content (AvgIpc) is 2.91. The molecular formula is C11H20ClN3O5S2. The van der Waals surface area contributed by atoms with Gasteiger partial charge in [-0.25, -0.2) is 21.6 Å². The molecule has 0 aliphatic heterocycles. The average molecular weight is 374 g/mol. The van der Waals surface area contributed by atoms with Crippen LogP contribution in [0, 0.1) is 5.92 Å². The normalized spacial score (nSPS) is 15.6. The minimum atomic E-state index is -3.64. The lowest BCUT2D eigenvalue weighted by Gasteiger charge is -2.20. The van der Waals surface area contributed by atoms with Crippen LogP contribution in [0.15, 0.2) is 9.64 Å². The number of nitrogens with zero attached hydrogens (tertiary/aromatic N) is 2. The highest BCUT2D eigenvalue weighted by Crippen LogP contribution is 2.25. The van der Waals surface area contributed by atoms with E-state index in [0.29, 0.717) is 12.8 Å². The van der Waals surface area contributed by atoms with Crippen molar-refractivity contribution in [3.05, 3.63) is 5.89 Å². The Morgan fingerprint density at radius 1 is 1.27 bits per heavy atom. The van der Waals surface area contributed by atoms with Gasteiger partial charge in [-0.15, -0.1) is 16.7 Å². The first-order valence-electron chi connectivity index (χ1n) is 6.70. The molecule has 1 aromatic rings. The number of alkyl halides is 1. The van der Waals surface area contributed by atoms with Crippen molar-refractivity contribution in [3.63, 3.8) is 0 Å². The first kappa shape index (κ1) is 19.3. The molecule has 0 saturated heterocycles. The third-order valence-electron chi connectivity index (χ3n) is 3.07. The van der Waals surface area contributed by atoms with Crippen LogP contribution in [0.25, 0.3) is 0 Å². The Hall–Kier alpha value is -0.710. The van der Waals surface area contributed by atoms with Crippen LogP contribution in [0.1, 0.15) is 38.6 Å². The third kappa shape index (κ3) is 5.49. The van der Waals surface area contributed by atoms with Crippen molar-refractivity contribution in [3.8, 4) is 0 Å². The van der Waals surface area contributed by atoms with Crippen molar-refractivity contribution in [1.82, 2.24) is 14.9 Å². The van der Waals surface area contributed by atoms with Gasteiger partial charge in [-0.05, 0) is 12.3 Å². The van der Waals surface area contributed by atoms with Gasteiger partial charge >= 0.3 is 5.22 Å². The Kier molecular flexibility index (Phi) is 6.78. The Morgan fingerprint density at radius 2 is 1.91 bits per heavy atom. The lowest BCUT2D eigenvalue weighted by Crippen LogP contribution is -2.34. The van der Waals surface area contributed by atoms with E-state index in [2.05, 4.69) is 14.9 Å². The van der Waals surface area contributed by atoms with Crippen LogP contribution in [0.2, 0.25) is 0 Å². The predicted molar refractivity (Wildman–Crippen MR) is 81.9 cm³/mol. The fourth-order valence-electron chi connectivity index (χ4n) is 1.64. The topological polar surface area (TPSA) is 119 Å². The van der Waals surface area contributed by atoms with Gasteiger partial charge in [0.2, 0.25) is 25.8 Å². The Balaban J connectivity index is 3.07. The highest BCUT2D eigenvalue weighted by molar-refractivity contribution is 7.90.